The number of likely N-dealkylation sites (tertiary alicyclic amines) is 1. The topological polar surface area (TPSA) is 23.5 Å². The molecule has 0 spiro atoms. The molecule has 2 fully saturated rings. The summed E-state index contributed by atoms with van der Waals surface area (Å²) in [5, 5.41) is 10.3. The third-order valence-electron chi connectivity index (χ3n) is 5.11. The SMILES string of the molecule is CC1CCC(O)C(N2CC(C)CC(C)C2C)C1. The van der Waals surface area contributed by atoms with Crippen molar-refractivity contribution in [1.29, 1.82) is 0 Å². The van der Waals surface area contributed by atoms with E-state index in [9.17, 15) is 5.11 Å². The summed E-state index contributed by atoms with van der Waals surface area (Å²) < 4.78 is 0. The predicted octanol–water partition coefficient (Wildman–Crippen LogP) is 2.90. The van der Waals surface area contributed by atoms with Gasteiger partial charge in [0.2, 0.25) is 0 Å². The summed E-state index contributed by atoms with van der Waals surface area (Å²) >= 11 is 0. The summed E-state index contributed by atoms with van der Waals surface area (Å²) in [6, 6.07) is 1.05. The van der Waals surface area contributed by atoms with Gasteiger partial charge in [0.15, 0.2) is 0 Å². The Morgan fingerprint density at radius 1 is 0.941 bits per heavy atom. The first-order valence-corrected chi connectivity index (χ1v) is 7.42. The molecule has 0 aromatic rings. The monoisotopic (exact) mass is 239 g/mol. The van der Waals surface area contributed by atoms with Crippen LogP contribution in [0.1, 0.15) is 53.4 Å². The summed E-state index contributed by atoms with van der Waals surface area (Å²) in [7, 11) is 0. The predicted molar refractivity (Wildman–Crippen MR) is 71.9 cm³/mol. The molecule has 2 nitrogen and oxygen atoms in total. The van der Waals surface area contributed by atoms with Crippen LogP contribution in [0.4, 0.5) is 0 Å². The lowest BCUT2D eigenvalue weighted by molar-refractivity contribution is -0.0465. The average Bonchev–Trinajstić information content (AvgIpc) is 2.27. The molecule has 1 N–H and O–H groups in total. The maximum absolute atomic E-state index is 10.3. The molecule has 6 atom stereocenters. The van der Waals surface area contributed by atoms with E-state index in [1.165, 1.54) is 25.8 Å². The minimum Gasteiger partial charge on any atom is -0.391 e. The molecule has 100 valence electrons. The fraction of sp³-hybridized carbons (Fsp3) is 1.00. The van der Waals surface area contributed by atoms with Gasteiger partial charge in [-0.15, -0.1) is 0 Å². The molecule has 1 aliphatic heterocycles. The van der Waals surface area contributed by atoms with Crippen molar-refractivity contribution < 1.29 is 5.11 Å². The van der Waals surface area contributed by atoms with Crippen LogP contribution in [-0.4, -0.2) is 34.7 Å². The number of piperidine rings is 1. The molecule has 6 unspecified atom stereocenters. The summed E-state index contributed by atoms with van der Waals surface area (Å²) in [5.74, 6) is 2.33. The Balaban J connectivity index is 2.08. The maximum atomic E-state index is 10.3. The van der Waals surface area contributed by atoms with Crippen molar-refractivity contribution in [1.82, 2.24) is 4.90 Å². The highest BCUT2D eigenvalue weighted by atomic mass is 16.3. The minimum absolute atomic E-state index is 0.0915. The number of rotatable bonds is 1. The molecule has 1 aliphatic carbocycles. The second-order valence-electron chi connectivity index (χ2n) is 6.81. The Morgan fingerprint density at radius 2 is 1.65 bits per heavy atom. The first-order chi connectivity index (χ1) is 7.99. The van der Waals surface area contributed by atoms with Gasteiger partial charge in [-0.1, -0.05) is 20.8 Å². The van der Waals surface area contributed by atoms with Gasteiger partial charge >= 0.3 is 0 Å². The summed E-state index contributed by atoms with van der Waals surface area (Å²) in [4.78, 5) is 2.61. The van der Waals surface area contributed by atoms with Crippen molar-refractivity contribution in [3.8, 4) is 0 Å². The molecule has 0 aromatic carbocycles. The van der Waals surface area contributed by atoms with Crippen molar-refractivity contribution >= 4 is 0 Å². The fourth-order valence-electron chi connectivity index (χ4n) is 3.89. The molecule has 2 heteroatoms. The van der Waals surface area contributed by atoms with Gasteiger partial charge in [0, 0.05) is 18.6 Å². The van der Waals surface area contributed by atoms with E-state index in [-0.39, 0.29) is 6.10 Å². The van der Waals surface area contributed by atoms with Crippen LogP contribution in [-0.2, 0) is 0 Å². The van der Waals surface area contributed by atoms with Gasteiger partial charge in [-0.3, -0.25) is 4.90 Å². The van der Waals surface area contributed by atoms with E-state index < -0.39 is 0 Å². The first-order valence-electron chi connectivity index (χ1n) is 7.42. The normalized spacial score (nSPS) is 49.2. The average molecular weight is 239 g/mol. The molecule has 0 amide bonds. The molecular weight excluding hydrogens is 210 g/mol. The van der Waals surface area contributed by atoms with Crippen molar-refractivity contribution in [2.45, 2.75) is 71.6 Å². The van der Waals surface area contributed by atoms with Gasteiger partial charge in [-0.25, -0.2) is 0 Å². The number of hydrogen-bond acceptors (Lipinski definition) is 2. The zero-order chi connectivity index (χ0) is 12.6. The lowest BCUT2D eigenvalue weighted by atomic mass is 9.79. The van der Waals surface area contributed by atoms with Crippen LogP contribution in [0.3, 0.4) is 0 Å². The Kier molecular flexibility index (Phi) is 4.14. The Morgan fingerprint density at radius 3 is 2.35 bits per heavy atom. The molecule has 1 saturated carbocycles. The van der Waals surface area contributed by atoms with Crippen LogP contribution >= 0.6 is 0 Å². The number of hydrogen-bond donors (Lipinski definition) is 1. The number of nitrogens with zero attached hydrogens (tertiary/aromatic N) is 1. The van der Waals surface area contributed by atoms with Gasteiger partial charge in [-0.2, -0.15) is 0 Å². The first kappa shape index (κ1) is 13.4. The highest BCUT2D eigenvalue weighted by molar-refractivity contribution is 4.92. The van der Waals surface area contributed by atoms with Crippen molar-refractivity contribution in [2.24, 2.45) is 17.8 Å². The van der Waals surface area contributed by atoms with Crippen molar-refractivity contribution in [3.05, 3.63) is 0 Å². The van der Waals surface area contributed by atoms with Gasteiger partial charge in [0.05, 0.1) is 6.10 Å². The zero-order valence-corrected chi connectivity index (χ0v) is 11.9. The molecule has 2 aliphatic rings. The Labute approximate surface area is 106 Å². The summed E-state index contributed by atoms with van der Waals surface area (Å²) in [6.45, 7) is 10.6. The molecule has 2 rings (SSSR count). The van der Waals surface area contributed by atoms with Crippen molar-refractivity contribution in [2.75, 3.05) is 6.54 Å². The zero-order valence-electron chi connectivity index (χ0n) is 11.9. The van der Waals surface area contributed by atoms with Gasteiger partial charge in [0.1, 0.15) is 0 Å². The van der Waals surface area contributed by atoms with Crippen LogP contribution in [0.5, 0.6) is 0 Å². The van der Waals surface area contributed by atoms with Crippen LogP contribution < -0.4 is 0 Å². The van der Waals surface area contributed by atoms with Crippen LogP contribution in [0.15, 0.2) is 0 Å². The van der Waals surface area contributed by atoms with Gasteiger partial charge in [-0.05, 0) is 50.4 Å². The minimum atomic E-state index is -0.0915. The maximum Gasteiger partial charge on any atom is 0.0695 e. The molecule has 1 saturated heterocycles. The summed E-state index contributed by atoms with van der Waals surface area (Å²) in [6.07, 6.45) is 4.63. The standard InChI is InChI=1S/C15H29NO/c1-10-5-6-15(17)14(8-10)16-9-11(2)7-12(3)13(16)4/h10-15,17H,5-9H2,1-4H3. The molecule has 0 bridgehead atoms. The molecule has 0 aromatic heterocycles. The second-order valence-corrected chi connectivity index (χ2v) is 6.81. The number of aliphatic hydroxyl groups excluding tert-OH is 1. The lowest BCUT2D eigenvalue weighted by Gasteiger charge is -2.49. The van der Waals surface area contributed by atoms with Crippen molar-refractivity contribution in [3.63, 3.8) is 0 Å². The van der Waals surface area contributed by atoms with E-state index in [2.05, 4.69) is 32.6 Å². The highest BCUT2D eigenvalue weighted by Crippen LogP contribution is 2.35. The molecule has 0 radical (unpaired) electrons. The van der Waals surface area contributed by atoms with E-state index >= 15 is 0 Å². The molecule has 1 heterocycles. The highest BCUT2D eigenvalue weighted by Gasteiger charge is 2.38. The van der Waals surface area contributed by atoms with E-state index in [0.717, 1.165) is 24.2 Å². The second kappa shape index (κ2) is 5.27. The van der Waals surface area contributed by atoms with Crippen LogP contribution in [0.25, 0.3) is 0 Å². The van der Waals surface area contributed by atoms with E-state index in [1.807, 2.05) is 0 Å². The number of aliphatic hydroxyl groups is 1. The third-order valence-corrected chi connectivity index (χ3v) is 5.11. The van der Waals surface area contributed by atoms with E-state index in [1.54, 1.807) is 0 Å². The largest absolute Gasteiger partial charge is 0.391 e. The lowest BCUT2D eigenvalue weighted by Crippen LogP contribution is -2.56. The van der Waals surface area contributed by atoms with Crippen LogP contribution in [0, 0.1) is 17.8 Å². The van der Waals surface area contributed by atoms with E-state index in [4.69, 9.17) is 0 Å². The Hall–Kier alpha value is -0.0800. The molecule has 17 heavy (non-hydrogen) atoms. The van der Waals surface area contributed by atoms with Crippen LogP contribution in [0.2, 0.25) is 0 Å². The fourth-order valence-corrected chi connectivity index (χ4v) is 3.89. The Bertz CT molecular complexity index is 255. The third kappa shape index (κ3) is 2.85. The summed E-state index contributed by atoms with van der Waals surface area (Å²) in [5.41, 5.74) is 0. The smallest absolute Gasteiger partial charge is 0.0695 e. The quantitative estimate of drug-likeness (QED) is 0.760. The van der Waals surface area contributed by atoms with Gasteiger partial charge < -0.3 is 5.11 Å². The molecular formula is C15H29NO. The van der Waals surface area contributed by atoms with Gasteiger partial charge in [0.25, 0.3) is 0 Å². The van der Waals surface area contributed by atoms with E-state index in [0.29, 0.717) is 12.1 Å².